The summed E-state index contributed by atoms with van der Waals surface area (Å²) in [5.74, 6) is -2.95. The molecule has 0 bridgehead atoms. The molecule has 0 saturated carbocycles. The van der Waals surface area contributed by atoms with Crippen LogP contribution in [-0.2, 0) is 42.9 Å². The highest BCUT2D eigenvalue weighted by Crippen LogP contribution is 2.31. The summed E-state index contributed by atoms with van der Waals surface area (Å²) in [6.07, 6.45) is -5.06. The lowest BCUT2D eigenvalue weighted by atomic mass is 9.99. The Morgan fingerprint density at radius 1 is 0.826 bits per heavy atom. The third-order valence-corrected chi connectivity index (χ3v) is 3.56. The molecule has 1 fully saturated rings. The van der Waals surface area contributed by atoms with Crippen molar-refractivity contribution in [1.82, 2.24) is 0 Å². The second kappa shape index (κ2) is 8.25. The molecule has 10 heteroatoms. The van der Waals surface area contributed by atoms with Crippen LogP contribution in [0.4, 0.5) is 0 Å². The Morgan fingerprint density at radius 3 is 1.70 bits per heavy atom. The van der Waals surface area contributed by atoms with Crippen LogP contribution in [0, 0.1) is 0 Å². The average Bonchev–Trinajstić information content (AvgIpc) is 2.43. The molecule has 0 aliphatic carbocycles. The number of rotatable bonds is 4. The van der Waals surface area contributed by atoms with Crippen molar-refractivity contribution in [1.29, 1.82) is 0 Å². The summed E-state index contributed by atoms with van der Waals surface area (Å²) in [4.78, 5) is 45.8. The van der Waals surface area contributed by atoms with E-state index in [1.807, 2.05) is 0 Å². The Labute approximate surface area is 140 Å². The van der Waals surface area contributed by atoms with Gasteiger partial charge in [0.2, 0.25) is 0 Å². The van der Waals surface area contributed by atoms with Crippen LogP contribution in [0.25, 0.3) is 0 Å². The van der Waals surface area contributed by atoms with Crippen LogP contribution < -0.4 is 0 Å². The average molecular weight is 397 g/mol. The molecule has 0 aromatic carbocycles. The van der Waals surface area contributed by atoms with Gasteiger partial charge in [-0.3, -0.25) is 14.4 Å². The zero-order valence-corrected chi connectivity index (χ0v) is 14.5. The summed E-state index contributed by atoms with van der Waals surface area (Å²) in [5, 5.41) is -0.980. The SMILES string of the molecule is COC(=O)[C@@H]1O[C@@H](Br)[C@H](OC(C)=O)[C@H](OC(C)=O)[C@H]1OC(C)=O. The van der Waals surface area contributed by atoms with Gasteiger partial charge in [0.05, 0.1) is 7.11 Å². The van der Waals surface area contributed by atoms with Crippen LogP contribution in [0.15, 0.2) is 0 Å². The molecular formula is C13H17BrO9. The molecule has 0 N–H and O–H groups in total. The third kappa shape index (κ3) is 5.17. The van der Waals surface area contributed by atoms with E-state index >= 15 is 0 Å². The molecule has 1 aliphatic heterocycles. The number of methoxy groups -OCH3 is 1. The van der Waals surface area contributed by atoms with Crippen LogP contribution in [0.3, 0.4) is 0 Å². The van der Waals surface area contributed by atoms with E-state index in [1.54, 1.807) is 0 Å². The number of ether oxygens (including phenoxy) is 5. The van der Waals surface area contributed by atoms with Crippen LogP contribution in [-0.4, -0.2) is 60.4 Å². The zero-order valence-electron chi connectivity index (χ0n) is 12.9. The van der Waals surface area contributed by atoms with Gasteiger partial charge in [0, 0.05) is 20.8 Å². The molecule has 1 rings (SSSR count). The second-order valence-corrected chi connectivity index (χ2v) is 5.56. The van der Waals surface area contributed by atoms with Crippen molar-refractivity contribution in [3.8, 4) is 0 Å². The molecule has 0 unspecified atom stereocenters. The number of hydrogen-bond donors (Lipinski definition) is 0. The fourth-order valence-electron chi connectivity index (χ4n) is 2.07. The Morgan fingerprint density at radius 2 is 1.26 bits per heavy atom. The van der Waals surface area contributed by atoms with E-state index in [9.17, 15) is 19.2 Å². The maximum atomic E-state index is 11.9. The van der Waals surface area contributed by atoms with Crippen molar-refractivity contribution in [3.05, 3.63) is 0 Å². The van der Waals surface area contributed by atoms with Crippen molar-refractivity contribution in [2.24, 2.45) is 0 Å². The van der Waals surface area contributed by atoms with E-state index in [0.29, 0.717) is 0 Å². The van der Waals surface area contributed by atoms with Crippen LogP contribution >= 0.6 is 15.9 Å². The summed E-state index contributed by atoms with van der Waals surface area (Å²) >= 11 is 3.11. The largest absolute Gasteiger partial charge is 0.467 e. The maximum Gasteiger partial charge on any atom is 0.339 e. The minimum atomic E-state index is -1.36. The minimum Gasteiger partial charge on any atom is -0.467 e. The molecule has 5 atom stereocenters. The molecule has 0 amide bonds. The summed E-state index contributed by atoms with van der Waals surface area (Å²) in [5.41, 5.74) is 0. The lowest BCUT2D eigenvalue weighted by molar-refractivity contribution is -0.234. The Balaban J connectivity index is 3.21. The molecular weight excluding hydrogens is 380 g/mol. The highest BCUT2D eigenvalue weighted by atomic mass is 79.9. The van der Waals surface area contributed by atoms with E-state index in [1.165, 1.54) is 0 Å². The first-order valence-corrected chi connectivity index (χ1v) is 7.48. The summed E-state index contributed by atoms with van der Waals surface area (Å²) < 4.78 is 25.2. The van der Waals surface area contributed by atoms with E-state index in [-0.39, 0.29) is 0 Å². The Hall–Kier alpha value is -1.68. The highest BCUT2D eigenvalue weighted by Gasteiger charge is 2.53. The summed E-state index contributed by atoms with van der Waals surface area (Å²) in [7, 11) is 1.12. The molecule has 1 heterocycles. The van der Waals surface area contributed by atoms with E-state index in [4.69, 9.17) is 18.9 Å². The predicted octanol–water partition coefficient (Wildman–Crippen LogP) is 0.0743. The number of esters is 4. The number of carbonyl (C=O) groups is 4. The first kappa shape index (κ1) is 19.4. The minimum absolute atomic E-state index is 0.668. The first-order chi connectivity index (χ1) is 10.7. The molecule has 23 heavy (non-hydrogen) atoms. The molecule has 9 nitrogen and oxygen atoms in total. The van der Waals surface area contributed by atoms with Crippen molar-refractivity contribution in [2.75, 3.05) is 7.11 Å². The zero-order chi connectivity index (χ0) is 17.7. The number of halogens is 1. The fourth-order valence-corrected chi connectivity index (χ4v) is 2.71. The normalized spacial score (nSPS) is 30.0. The van der Waals surface area contributed by atoms with Crippen LogP contribution in [0.1, 0.15) is 20.8 Å². The number of carbonyl (C=O) groups excluding carboxylic acids is 4. The lowest BCUT2D eigenvalue weighted by Crippen LogP contribution is -2.61. The molecule has 1 aliphatic rings. The van der Waals surface area contributed by atoms with Crippen LogP contribution in [0.2, 0.25) is 0 Å². The van der Waals surface area contributed by atoms with Gasteiger partial charge in [0.25, 0.3) is 0 Å². The monoisotopic (exact) mass is 396 g/mol. The first-order valence-electron chi connectivity index (χ1n) is 6.56. The van der Waals surface area contributed by atoms with Gasteiger partial charge >= 0.3 is 23.9 Å². The fraction of sp³-hybridized carbons (Fsp3) is 0.692. The molecule has 0 radical (unpaired) electrons. The third-order valence-electron chi connectivity index (χ3n) is 2.82. The summed E-state index contributed by atoms with van der Waals surface area (Å²) in [6, 6.07) is 0. The van der Waals surface area contributed by atoms with E-state index in [0.717, 1.165) is 27.9 Å². The van der Waals surface area contributed by atoms with Crippen LogP contribution in [0.5, 0.6) is 0 Å². The molecule has 130 valence electrons. The predicted molar refractivity (Wildman–Crippen MR) is 76.3 cm³/mol. The van der Waals surface area contributed by atoms with Gasteiger partial charge in [-0.15, -0.1) is 0 Å². The van der Waals surface area contributed by atoms with Gasteiger partial charge in [-0.1, -0.05) is 15.9 Å². The molecule has 0 spiro atoms. The Bertz CT molecular complexity index is 492. The molecule has 0 aromatic heterocycles. The molecule has 1 saturated heterocycles. The van der Waals surface area contributed by atoms with Gasteiger partial charge < -0.3 is 23.7 Å². The number of hydrogen-bond acceptors (Lipinski definition) is 9. The van der Waals surface area contributed by atoms with Gasteiger partial charge in [-0.25, -0.2) is 4.79 Å². The Kier molecular flexibility index (Phi) is 6.95. The summed E-state index contributed by atoms with van der Waals surface area (Å²) in [6.45, 7) is 3.39. The quantitative estimate of drug-likeness (QED) is 0.369. The van der Waals surface area contributed by atoms with E-state index < -0.39 is 53.3 Å². The van der Waals surface area contributed by atoms with Gasteiger partial charge in [-0.2, -0.15) is 0 Å². The van der Waals surface area contributed by atoms with Gasteiger partial charge in [0.1, 0.15) is 0 Å². The smallest absolute Gasteiger partial charge is 0.339 e. The van der Waals surface area contributed by atoms with Crippen molar-refractivity contribution >= 4 is 39.8 Å². The van der Waals surface area contributed by atoms with Crippen molar-refractivity contribution < 1.29 is 42.9 Å². The lowest BCUT2D eigenvalue weighted by Gasteiger charge is -2.41. The van der Waals surface area contributed by atoms with Gasteiger partial charge in [-0.05, 0) is 0 Å². The topological polar surface area (TPSA) is 114 Å². The standard InChI is InChI=1S/C13H17BrO9/c1-5(15)20-8-9(21-6(2)16)11(13(18)19-4)23-12(14)10(8)22-7(3)17/h8-12H,1-4H3/t8-,9-,10-,11-,12-/m1/s1. The maximum absolute atomic E-state index is 11.9. The number of alkyl halides is 1. The van der Waals surface area contributed by atoms with Crippen molar-refractivity contribution in [2.45, 2.75) is 50.2 Å². The van der Waals surface area contributed by atoms with Crippen molar-refractivity contribution in [3.63, 3.8) is 0 Å². The second-order valence-electron chi connectivity index (χ2n) is 4.65. The molecule has 0 aromatic rings. The van der Waals surface area contributed by atoms with Gasteiger partial charge in [0.15, 0.2) is 29.4 Å². The highest BCUT2D eigenvalue weighted by molar-refractivity contribution is 9.09. The van der Waals surface area contributed by atoms with E-state index in [2.05, 4.69) is 20.7 Å².